The Morgan fingerprint density at radius 3 is 2.22 bits per heavy atom. The van der Waals surface area contributed by atoms with Crippen LogP contribution in [-0.4, -0.2) is 36.9 Å². The van der Waals surface area contributed by atoms with Gasteiger partial charge in [0.1, 0.15) is 6.04 Å². The van der Waals surface area contributed by atoms with Gasteiger partial charge in [-0.2, -0.15) is 0 Å². The fourth-order valence-corrected chi connectivity index (χ4v) is 2.85. The Morgan fingerprint density at radius 2 is 1.65 bits per heavy atom. The minimum absolute atomic E-state index is 0.100. The number of amides is 1. The quantitative estimate of drug-likeness (QED) is 0.843. The molecule has 2 aromatic rings. The topological polar surface area (TPSA) is 23.6 Å². The third kappa shape index (κ3) is 4.20. The molecule has 1 amide bonds. The van der Waals surface area contributed by atoms with Crippen molar-refractivity contribution in [3.63, 3.8) is 0 Å². The molecule has 0 radical (unpaired) electrons. The van der Waals surface area contributed by atoms with E-state index in [1.54, 1.807) is 4.90 Å². The highest BCUT2D eigenvalue weighted by Gasteiger charge is 2.26. The van der Waals surface area contributed by atoms with Gasteiger partial charge in [-0.25, -0.2) is 0 Å². The molecule has 0 saturated carbocycles. The van der Waals surface area contributed by atoms with E-state index in [2.05, 4.69) is 36.9 Å². The van der Waals surface area contributed by atoms with Crippen LogP contribution in [0.1, 0.15) is 28.3 Å². The standard InChI is InChI=1S/C20H26N2O/c1-15-11-12-18(16(2)13-15)14-22(5)19(20(23)21(3)4)17-9-7-6-8-10-17/h6-13,19H,14H2,1-5H3/t19-/m1/s1. The predicted octanol–water partition coefficient (Wildman–Crippen LogP) is 3.56. The van der Waals surface area contributed by atoms with Gasteiger partial charge < -0.3 is 4.90 Å². The van der Waals surface area contributed by atoms with Crippen LogP contribution in [0.4, 0.5) is 0 Å². The van der Waals surface area contributed by atoms with Crippen LogP contribution in [0.3, 0.4) is 0 Å². The molecule has 3 nitrogen and oxygen atoms in total. The van der Waals surface area contributed by atoms with E-state index in [4.69, 9.17) is 0 Å². The molecule has 0 fully saturated rings. The number of nitrogens with zero attached hydrogens (tertiary/aromatic N) is 2. The van der Waals surface area contributed by atoms with Crippen LogP contribution >= 0.6 is 0 Å². The SMILES string of the molecule is Cc1ccc(CN(C)[C@@H](C(=O)N(C)C)c2ccccc2)c(C)c1. The second kappa shape index (κ2) is 7.42. The van der Waals surface area contributed by atoms with Crippen LogP contribution in [0.2, 0.25) is 0 Å². The maximum absolute atomic E-state index is 12.7. The summed E-state index contributed by atoms with van der Waals surface area (Å²) in [4.78, 5) is 16.5. The van der Waals surface area contributed by atoms with Crippen molar-refractivity contribution in [3.8, 4) is 0 Å². The number of benzene rings is 2. The molecule has 2 rings (SSSR count). The highest BCUT2D eigenvalue weighted by molar-refractivity contribution is 5.82. The lowest BCUT2D eigenvalue weighted by Gasteiger charge is -2.30. The second-order valence-corrected chi connectivity index (χ2v) is 6.39. The summed E-state index contributed by atoms with van der Waals surface area (Å²) >= 11 is 0. The fourth-order valence-electron chi connectivity index (χ4n) is 2.85. The Kier molecular flexibility index (Phi) is 5.56. The van der Waals surface area contributed by atoms with Crippen LogP contribution < -0.4 is 0 Å². The fraction of sp³-hybridized carbons (Fsp3) is 0.350. The van der Waals surface area contributed by atoms with Crippen molar-refractivity contribution >= 4 is 5.91 Å². The van der Waals surface area contributed by atoms with Gasteiger partial charge in [0, 0.05) is 20.6 Å². The molecule has 0 bridgehead atoms. The third-order valence-electron chi connectivity index (χ3n) is 4.15. The van der Waals surface area contributed by atoms with Crippen LogP contribution in [0.5, 0.6) is 0 Å². The highest BCUT2D eigenvalue weighted by atomic mass is 16.2. The lowest BCUT2D eigenvalue weighted by molar-refractivity contribution is -0.134. The molecular formula is C20H26N2O. The lowest BCUT2D eigenvalue weighted by atomic mass is 10.0. The number of rotatable bonds is 5. The Hall–Kier alpha value is -2.13. The van der Waals surface area contributed by atoms with Crippen LogP contribution in [0.25, 0.3) is 0 Å². The van der Waals surface area contributed by atoms with Crippen molar-refractivity contribution in [2.24, 2.45) is 0 Å². The Balaban J connectivity index is 2.30. The van der Waals surface area contributed by atoms with Crippen molar-refractivity contribution in [1.29, 1.82) is 0 Å². The third-order valence-corrected chi connectivity index (χ3v) is 4.15. The molecule has 0 heterocycles. The van der Waals surface area contributed by atoms with E-state index in [-0.39, 0.29) is 11.9 Å². The first-order valence-corrected chi connectivity index (χ1v) is 7.92. The second-order valence-electron chi connectivity index (χ2n) is 6.39. The van der Waals surface area contributed by atoms with Crippen molar-refractivity contribution in [2.45, 2.75) is 26.4 Å². The molecule has 0 aromatic heterocycles. The summed E-state index contributed by atoms with van der Waals surface area (Å²) in [6.07, 6.45) is 0. The van der Waals surface area contributed by atoms with Crippen LogP contribution in [0.15, 0.2) is 48.5 Å². The molecule has 0 aliphatic carbocycles. The summed E-state index contributed by atoms with van der Waals surface area (Å²) in [5.74, 6) is 0.100. The summed E-state index contributed by atoms with van der Waals surface area (Å²) in [7, 11) is 5.63. The maximum atomic E-state index is 12.7. The Bertz CT molecular complexity index is 665. The van der Waals surface area contributed by atoms with Crippen molar-refractivity contribution < 1.29 is 4.79 Å². The summed E-state index contributed by atoms with van der Waals surface area (Å²) in [5, 5.41) is 0. The molecule has 23 heavy (non-hydrogen) atoms. The molecule has 122 valence electrons. The first-order valence-electron chi connectivity index (χ1n) is 7.92. The molecule has 0 aliphatic heterocycles. The molecule has 1 atom stereocenters. The minimum Gasteiger partial charge on any atom is -0.347 e. The first-order chi connectivity index (χ1) is 10.9. The lowest BCUT2D eigenvalue weighted by Crippen LogP contribution is -2.38. The number of hydrogen-bond acceptors (Lipinski definition) is 2. The molecule has 0 N–H and O–H groups in total. The molecular weight excluding hydrogens is 284 g/mol. The molecule has 0 saturated heterocycles. The first kappa shape index (κ1) is 17.2. The van der Waals surface area contributed by atoms with E-state index in [1.165, 1.54) is 16.7 Å². The summed E-state index contributed by atoms with van der Waals surface area (Å²) in [6.45, 7) is 4.97. The maximum Gasteiger partial charge on any atom is 0.244 e. The van der Waals surface area contributed by atoms with Gasteiger partial charge in [0.2, 0.25) is 5.91 Å². The number of likely N-dealkylation sites (N-methyl/N-ethyl adjacent to an activating group) is 2. The van der Waals surface area contributed by atoms with E-state index in [1.807, 2.05) is 51.5 Å². The van der Waals surface area contributed by atoms with Crippen molar-refractivity contribution in [3.05, 3.63) is 70.8 Å². The van der Waals surface area contributed by atoms with E-state index in [0.717, 1.165) is 12.1 Å². The van der Waals surface area contributed by atoms with Gasteiger partial charge in [-0.1, -0.05) is 54.1 Å². The molecule has 0 unspecified atom stereocenters. The van der Waals surface area contributed by atoms with Gasteiger partial charge >= 0.3 is 0 Å². The molecule has 0 spiro atoms. The number of carbonyl (C=O) groups is 1. The summed E-state index contributed by atoms with van der Waals surface area (Å²) in [6, 6.07) is 16.2. The summed E-state index contributed by atoms with van der Waals surface area (Å²) in [5.41, 5.74) is 4.81. The van der Waals surface area contributed by atoms with E-state index >= 15 is 0 Å². The van der Waals surface area contributed by atoms with Gasteiger partial charge in [-0.15, -0.1) is 0 Å². The molecule has 0 aliphatic rings. The van der Waals surface area contributed by atoms with Gasteiger partial charge in [0.25, 0.3) is 0 Å². The monoisotopic (exact) mass is 310 g/mol. The largest absolute Gasteiger partial charge is 0.347 e. The number of carbonyl (C=O) groups excluding carboxylic acids is 1. The molecule has 2 aromatic carbocycles. The van der Waals surface area contributed by atoms with E-state index in [0.29, 0.717) is 0 Å². The normalized spacial score (nSPS) is 12.3. The van der Waals surface area contributed by atoms with Crippen molar-refractivity contribution in [1.82, 2.24) is 9.80 Å². The average Bonchev–Trinajstić information content (AvgIpc) is 2.51. The minimum atomic E-state index is -0.271. The summed E-state index contributed by atoms with van der Waals surface area (Å²) < 4.78 is 0. The highest BCUT2D eigenvalue weighted by Crippen LogP contribution is 2.24. The van der Waals surface area contributed by atoms with Gasteiger partial charge in [0.05, 0.1) is 0 Å². The van der Waals surface area contributed by atoms with Crippen LogP contribution in [-0.2, 0) is 11.3 Å². The van der Waals surface area contributed by atoms with E-state index in [9.17, 15) is 4.79 Å². The number of hydrogen-bond donors (Lipinski definition) is 0. The number of aryl methyl sites for hydroxylation is 2. The average molecular weight is 310 g/mol. The zero-order valence-corrected chi connectivity index (χ0v) is 14.7. The zero-order chi connectivity index (χ0) is 17.0. The van der Waals surface area contributed by atoms with Gasteiger partial charge in [0.15, 0.2) is 0 Å². The van der Waals surface area contributed by atoms with E-state index < -0.39 is 0 Å². The van der Waals surface area contributed by atoms with Crippen LogP contribution in [0, 0.1) is 13.8 Å². The zero-order valence-electron chi connectivity index (χ0n) is 14.7. The predicted molar refractivity (Wildman–Crippen MR) is 95.3 cm³/mol. The Morgan fingerprint density at radius 1 is 1.00 bits per heavy atom. The smallest absolute Gasteiger partial charge is 0.244 e. The van der Waals surface area contributed by atoms with Gasteiger partial charge in [-0.3, -0.25) is 9.69 Å². The van der Waals surface area contributed by atoms with Crippen molar-refractivity contribution in [2.75, 3.05) is 21.1 Å². The molecule has 3 heteroatoms. The Labute approximate surface area is 139 Å². The van der Waals surface area contributed by atoms with Gasteiger partial charge in [-0.05, 0) is 37.6 Å².